The first kappa shape index (κ1) is 18.4. The highest BCUT2D eigenvalue weighted by molar-refractivity contribution is 7.09. The van der Waals surface area contributed by atoms with E-state index in [9.17, 15) is 4.79 Å². The zero-order valence-corrected chi connectivity index (χ0v) is 16.5. The van der Waals surface area contributed by atoms with Crippen LogP contribution in [0, 0.1) is 5.92 Å². The van der Waals surface area contributed by atoms with Crippen molar-refractivity contribution < 1.29 is 9.53 Å². The Balaban J connectivity index is 1.27. The molecule has 6 nitrogen and oxygen atoms in total. The first-order valence-electron chi connectivity index (χ1n) is 9.76. The quantitative estimate of drug-likeness (QED) is 0.827. The van der Waals surface area contributed by atoms with Crippen LogP contribution in [0.25, 0.3) is 0 Å². The number of carbonyl (C=O) groups excluding carboxylic acids is 1. The molecule has 1 fully saturated rings. The molecule has 0 radical (unpaired) electrons. The summed E-state index contributed by atoms with van der Waals surface area (Å²) in [6.07, 6.45) is 3.72. The minimum Gasteiger partial charge on any atom is -0.376 e. The molecule has 0 unspecified atom stereocenters. The Labute approximate surface area is 164 Å². The van der Waals surface area contributed by atoms with Gasteiger partial charge in [0.15, 0.2) is 0 Å². The number of benzene rings is 1. The minimum atomic E-state index is -0.0351. The molecule has 1 aromatic heterocycles. The van der Waals surface area contributed by atoms with E-state index in [-0.39, 0.29) is 17.9 Å². The standard InChI is InChI=1S/C20H26N4O2S/c1-2-5-18-22-20(27-23-18)21-11-17-10-16(13-26-17)19(25)24-9-8-14-6-3-4-7-15(14)12-24/h3-4,6-7,16-17H,2,5,8-13H2,1H3,(H,21,22,23)/t16-,17-/m0/s1. The third-order valence-corrected chi connectivity index (χ3v) is 6.01. The molecule has 1 aromatic carbocycles. The zero-order valence-electron chi connectivity index (χ0n) is 15.7. The lowest BCUT2D eigenvalue weighted by Crippen LogP contribution is -2.40. The number of aryl methyl sites for hydroxylation is 1. The van der Waals surface area contributed by atoms with Gasteiger partial charge < -0.3 is 15.0 Å². The van der Waals surface area contributed by atoms with E-state index in [4.69, 9.17) is 4.74 Å². The third kappa shape index (κ3) is 4.30. The van der Waals surface area contributed by atoms with E-state index < -0.39 is 0 Å². The molecule has 0 aliphatic carbocycles. The number of fused-ring (bicyclic) bond motifs is 1. The van der Waals surface area contributed by atoms with Crippen LogP contribution in [-0.4, -0.2) is 46.0 Å². The number of hydrogen-bond donors (Lipinski definition) is 1. The molecule has 27 heavy (non-hydrogen) atoms. The van der Waals surface area contributed by atoms with Crippen LogP contribution in [-0.2, 0) is 28.9 Å². The molecule has 144 valence electrons. The van der Waals surface area contributed by atoms with E-state index in [1.54, 1.807) is 0 Å². The van der Waals surface area contributed by atoms with Crippen molar-refractivity contribution >= 4 is 22.6 Å². The lowest BCUT2D eigenvalue weighted by atomic mass is 9.97. The Morgan fingerprint density at radius 2 is 2.22 bits per heavy atom. The van der Waals surface area contributed by atoms with Gasteiger partial charge in [0.05, 0.1) is 18.6 Å². The van der Waals surface area contributed by atoms with Crippen molar-refractivity contribution in [3.8, 4) is 0 Å². The Kier molecular flexibility index (Phi) is 5.69. The van der Waals surface area contributed by atoms with Crippen LogP contribution in [0.2, 0.25) is 0 Å². The largest absolute Gasteiger partial charge is 0.376 e. The number of rotatable bonds is 6. The highest BCUT2D eigenvalue weighted by Crippen LogP contribution is 2.26. The molecule has 2 aliphatic rings. The van der Waals surface area contributed by atoms with Crippen LogP contribution in [0.15, 0.2) is 24.3 Å². The van der Waals surface area contributed by atoms with Crippen LogP contribution < -0.4 is 5.32 Å². The fraction of sp³-hybridized carbons (Fsp3) is 0.550. The summed E-state index contributed by atoms with van der Waals surface area (Å²) in [6.45, 7) is 4.84. The first-order valence-corrected chi connectivity index (χ1v) is 10.5. The van der Waals surface area contributed by atoms with Crippen molar-refractivity contribution in [3.05, 3.63) is 41.2 Å². The summed E-state index contributed by atoms with van der Waals surface area (Å²) >= 11 is 1.39. The molecule has 2 atom stereocenters. The SMILES string of the molecule is CCCc1nsc(NC[C@@H]2C[C@H](C(=O)N3CCc4ccccc4C3)CO2)n1. The van der Waals surface area contributed by atoms with Crippen LogP contribution in [0.1, 0.15) is 36.7 Å². The molecule has 0 saturated carbocycles. The summed E-state index contributed by atoms with van der Waals surface area (Å²) < 4.78 is 10.2. The molecular weight excluding hydrogens is 360 g/mol. The van der Waals surface area contributed by atoms with Gasteiger partial charge in [-0.2, -0.15) is 4.37 Å². The lowest BCUT2D eigenvalue weighted by Gasteiger charge is -2.30. The zero-order chi connectivity index (χ0) is 18.6. The molecule has 2 aromatic rings. The lowest BCUT2D eigenvalue weighted by molar-refractivity contribution is -0.136. The number of hydrogen-bond acceptors (Lipinski definition) is 6. The number of ether oxygens (including phenoxy) is 1. The van der Waals surface area contributed by atoms with E-state index in [0.717, 1.165) is 49.7 Å². The van der Waals surface area contributed by atoms with E-state index in [1.165, 1.54) is 22.7 Å². The van der Waals surface area contributed by atoms with Crippen LogP contribution in [0.3, 0.4) is 0 Å². The maximum absolute atomic E-state index is 12.9. The summed E-state index contributed by atoms with van der Waals surface area (Å²) in [5.74, 6) is 1.09. The van der Waals surface area contributed by atoms with E-state index >= 15 is 0 Å². The van der Waals surface area contributed by atoms with E-state index in [2.05, 4.69) is 39.8 Å². The second kappa shape index (κ2) is 8.35. The third-order valence-electron chi connectivity index (χ3n) is 5.29. The van der Waals surface area contributed by atoms with Gasteiger partial charge >= 0.3 is 0 Å². The Hall–Kier alpha value is -1.99. The maximum atomic E-state index is 12.9. The highest BCUT2D eigenvalue weighted by atomic mass is 32.1. The van der Waals surface area contributed by atoms with Gasteiger partial charge in [-0.15, -0.1) is 0 Å². The predicted molar refractivity (Wildman–Crippen MR) is 106 cm³/mol. The van der Waals surface area contributed by atoms with Crippen molar-refractivity contribution in [2.45, 2.75) is 45.3 Å². The van der Waals surface area contributed by atoms with Gasteiger partial charge in [-0.3, -0.25) is 4.79 Å². The highest BCUT2D eigenvalue weighted by Gasteiger charge is 2.34. The van der Waals surface area contributed by atoms with Crippen molar-refractivity contribution in [2.24, 2.45) is 5.92 Å². The smallest absolute Gasteiger partial charge is 0.228 e. The molecule has 3 heterocycles. The molecule has 0 bridgehead atoms. The fourth-order valence-electron chi connectivity index (χ4n) is 3.81. The molecule has 0 spiro atoms. The van der Waals surface area contributed by atoms with Crippen molar-refractivity contribution in [3.63, 3.8) is 0 Å². The topological polar surface area (TPSA) is 67.4 Å². The normalized spacial score (nSPS) is 21.9. The van der Waals surface area contributed by atoms with Crippen molar-refractivity contribution in [1.82, 2.24) is 14.3 Å². The summed E-state index contributed by atoms with van der Waals surface area (Å²) in [5, 5.41) is 4.15. The van der Waals surface area contributed by atoms with Gasteiger partial charge in [0.1, 0.15) is 5.82 Å². The van der Waals surface area contributed by atoms with Gasteiger partial charge in [0.25, 0.3) is 0 Å². The molecule has 4 rings (SSSR count). The fourth-order valence-corrected chi connectivity index (χ4v) is 4.43. The summed E-state index contributed by atoms with van der Waals surface area (Å²) in [6, 6.07) is 8.41. The van der Waals surface area contributed by atoms with Gasteiger partial charge in [0.2, 0.25) is 11.0 Å². The Morgan fingerprint density at radius 3 is 3.07 bits per heavy atom. The average molecular weight is 387 g/mol. The van der Waals surface area contributed by atoms with Crippen LogP contribution in [0.4, 0.5) is 5.13 Å². The molecule has 1 N–H and O–H groups in total. The molecule has 7 heteroatoms. The number of nitrogens with zero attached hydrogens (tertiary/aromatic N) is 3. The Bertz CT molecular complexity index is 794. The van der Waals surface area contributed by atoms with E-state index in [0.29, 0.717) is 13.2 Å². The van der Waals surface area contributed by atoms with Gasteiger partial charge in [0, 0.05) is 37.6 Å². The number of aromatic nitrogens is 2. The minimum absolute atomic E-state index is 0.0351. The second-order valence-corrected chi connectivity index (χ2v) is 8.06. The molecule has 1 amide bonds. The molecular formula is C20H26N4O2S. The van der Waals surface area contributed by atoms with Gasteiger partial charge in [-0.25, -0.2) is 4.98 Å². The maximum Gasteiger partial charge on any atom is 0.228 e. The summed E-state index contributed by atoms with van der Waals surface area (Å²) in [4.78, 5) is 19.4. The number of nitrogens with one attached hydrogen (secondary N) is 1. The second-order valence-electron chi connectivity index (χ2n) is 7.31. The molecule has 1 saturated heterocycles. The van der Waals surface area contributed by atoms with Crippen LogP contribution >= 0.6 is 11.5 Å². The Morgan fingerprint density at radius 1 is 1.37 bits per heavy atom. The first-order chi connectivity index (χ1) is 13.2. The summed E-state index contributed by atoms with van der Waals surface area (Å²) in [5.41, 5.74) is 2.64. The van der Waals surface area contributed by atoms with Gasteiger partial charge in [-0.05, 0) is 30.4 Å². The number of carbonyl (C=O) groups is 1. The predicted octanol–water partition coefficient (Wildman–Crippen LogP) is 2.89. The average Bonchev–Trinajstić information content (AvgIpc) is 3.35. The van der Waals surface area contributed by atoms with Crippen LogP contribution in [0.5, 0.6) is 0 Å². The number of amides is 1. The van der Waals surface area contributed by atoms with Crippen molar-refractivity contribution in [1.29, 1.82) is 0 Å². The number of anilines is 1. The molecule has 2 aliphatic heterocycles. The van der Waals surface area contributed by atoms with E-state index in [1.807, 2.05) is 11.0 Å². The van der Waals surface area contributed by atoms with Gasteiger partial charge in [-0.1, -0.05) is 31.2 Å². The monoisotopic (exact) mass is 386 g/mol. The summed E-state index contributed by atoms with van der Waals surface area (Å²) in [7, 11) is 0. The van der Waals surface area contributed by atoms with Crippen molar-refractivity contribution in [2.75, 3.05) is 25.0 Å².